The third-order valence-electron chi connectivity index (χ3n) is 4.00. The van der Waals surface area contributed by atoms with Gasteiger partial charge >= 0.3 is 0 Å². The lowest BCUT2D eigenvalue weighted by Crippen LogP contribution is -2.24. The van der Waals surface area contributed by atoms with E-state index in [2.05, 4.69) is 21.8 Å². The van der Waals surface area contributed by atoms with Gasteiger partial charge in [-0.1, -0.05) is 54.5 Å². The van der Waals surface area contributed by atoms with Gasteiger partial charge in [-0.05, 0) is 29.0 Å². The Hall–Kier alpha value is -4.11. The first-order valence-electron chi connectivity index (χ1n) is 8.92. The van der Waals surface area contributed by atoms with Gasteiger partial charge in [0.1, 0.15) is 18.8 Å². The van der Waals surface area contributed by atoms with Crippen LogP contribution in [0, 0.1) is 12.3 Å². The minimum Gasteiger partial charge on any atom is -0.480 e. The molecule has 0 aliphatic rings. The molecule has 6 nitrogen and oxygen atoms in total. The van der Waals surface area contributed by atoms with Crippen LogP contribution in [0.3, 0.4) is 0 Å². The summed E-state index contributed by atoms with van der Waals surface area (Å²) in [4.78, 5) is 24.0. The van der Waals surface area contributed by atoms with Crippen molar-refractivity contribution in [2.24, 2.45) is 5.10 Å². The first-order valence-corrected chi connectivity index (χ1v) is 8.92. The number of hydrazone groups is 1. The zero-order chi connectivity index (χ0) is 20.5. The summed E-state index contributed by atoms with van der Waals surface area (Å²) in [6, 6.07) is 20.4. The Balaban J connectivity index is 1.67. The van der Waals surface area contributed by atoms with Crippen LogP contribution in [-0.4, -0.2) is 24.6 Å². The minimum absolute atomic E-state index is 0.116. The highest BCUT2D eigenvalue weighted by atomic mass is 16.5. The molecule has 0 fully saturated rings. The standard InChI is InChI=1S/C23H19N3O3/c1-2-14-29-21-13-12-17-8-6-7-11-19(17)20(21)16-24-26-23(28)15-22(27)25-18-9-4-3-5-10-18/h1,3-13,16H,14-15H2,(H,25,27)(H,26,28). The van der Waals surface area contributed by atoms with Crippen LogP contribution in [0.2, 0.25) is 0 Å². The third-order valence-corrected chi connectivity index (χ3v) is 4.00. The average molecular weight is 385 g/mol. The van der Waals surface area contributed by atoms with E-state index >= 15 is 0 Å². The molecule has 3 aromatic carbocycles. The number of para-hydroxylation sites is 1. The van der Waals surface area contributed by atoms with Crippen molar-refractivity contribution in [3.63, 3.8) is 0 Å². The molecule has 0 atom stereocenters. The molecule has 6 heteroatoms. The van der Waals surface area contributed by atoms with E-state index in [4.69, 9.17) is 11.2 Å². The Morgan fingerprint density at radius 2 is 1.76 bits per heavy atom. The van der Waals surface area contributed by atoms with Crippen molar-refractivity contribution in [1.29, 1.82) is 0 Å². The predicted octanol–water partition coefficient (Wildman–Crippen LogP) is 3.33. The molecule has 3 rings (SSSR count). The van der Waals surface area contributed by atoms with Crippen LogP contribution in [0.5, 0.6) is 5.75 Å². The van der Waals surface area contributed by atoms with Gasteiger partial charge in [0.25, 0.3) is 0 Å². The largest absolute Gasteiger partial charge is 0.480 e. The van der Waals surface area contributed by atoms with E-state index in [0.717, 1.165) is 10.8 Å². The monoisotopic (exact) mass is 385 g/mol. The van der Waals surface area contributed by atoms with Gasteiger partial charge in [-0.3, -0.25) is 9.59 Å². The third kappa shape index (κ3) is 5.44. The molecule has 0 unspecified atom stereocenters. The summed E-state index contributed by atoms with van der Waals surface area (Å²) in [7, 11) is 0. The smallest absolute Gasteiger partial charge is 0.249 e. The topological polar surface area (TPSA) is 79.8 Å². The summed E-state index contributed by atoms with van der Waals surface area (Å²) in [6.45, 7) is 0.116. The highest BCUT2D eigenvalue weighted by Gasteiger charge is 2.10. The second kappa shape index (κ2) is 9.72. The minimum atomic E-state index is -0.527. The van der Waals surface area contributed by atoms with Crippen molar-refractivity contribution in [1.82, 2.24) is 5.43 Å². The molecule has 0 aliphatic heterocycles. The molecule has 2 amide bonds. The lowest BCUT2D eigenvalue weighted by atomic mass is 10.0. The van der Waals surface area contributed by atoms with Gasteiger partial charge in [-0.2, -0.15) is 5.10 Å². The molecule has 0 aliphatic carbocycles. The van der Waals surface area contributed by atoms with Crippen LogP contribution in [0.25, 0.3) is 10.8 Å². The van der Waals surface area contributed by atoms with E-state index in [1.807, 2.05) is 36.4 Å². The molecule has 0 aromatic heterocycles. The molecular weight excluding hydrogens is 366 g/mol. The quantitative estimate of drug-likeness (QED) is 0.283. The number of fused-ring (bicyclic) bond motifs is 1. The Kier molecular flexibility index (Phi) is 6.58. The molecule has 0 saturated carbocycles. The van der Waals surface area contributed by atoms with E-state index in [1.54, 1.807) is 30.3 Å². The summed E-state index contributed by atoms with van der Waals surface area (Å²) in [6.07, 6.45) is 6.42. The van der Waals surface area contributed by atoms with Gasteiger partial charge in [-0.15, -0.1) is 6.42 Å². The number of nitrogens with zero attached hydrogens (tertiary/aromatic N) is 1. The molecule has 29 heavy (non-hydrogen) atoms. The van der Waals surface area contributed by atoms with Gasteiger partial charge in [0.05, 0.1) is 6.21 Å². The van der Waals surface area contributed by atoms with Crippen molar-refractivity contribution in [2.75, 3.05) is 11.9 Å². The van der Waals surface area contributed by atoms with Crippen molar-refractivity contribution in [3.8, 4) is 18.1 Å². The van der Waals surface area contributed by atoms with Crippen LogP contribution < -0.4 is 15.5 Å². The Morgan fingerprint density at radius 1 is 1.00 bits per heavy atom. The normalized spacial score (nSPS) is 10.4. The number of hydrogen-bond acceptors (Lipinski definition) is 4. The van der Waals surface area contributed by atoms with Crippen molar-refractivity contribution in [3.05, 3.63) is 72.3 Å². The highest BCUT2D eigenvalue weighted by molar-refractivity contribution is 6.05. The second-order valence-electron chi connectivity index (χ2n) is 6.08. The lowest BCUT2D eigenvalue weighted by Gasteiger charge is -2.10. The molecule has 144 valence electrons. The van der Waals surface area contributed by atoms with Crippen LogP contribution >= 0.6 is 0 Å². The number of benzene rings is 3. The Morgan fingerprint density at radius 3 is 2.55 bits per heavy atom. The van der Waals surface area contributed by atoms with Gasteiger partial charge < -0.3 is 10.1 Å². The summed E-state index contributed by atoms with van der Waals surface area (Å²) < 4.78 is 5.58. The van der Waals surface area contributed by atoms with E-state index in [-0.39, 0.29) is 13.0 Å². The van der Waals surface area contributed by atoms with Crippen molar-refractivity contribution < 1.29 is 14.3 Å². The number of amides is 2. The van der Waals surface area contributed by atoms with Crippen LogP contribution in [-0.2, 0) is 9.59 Å². The van der Waals surface area contributed by atoms with E-state index in [1.165, 1.54) is 6.21 Å². The zero-order valence-corrected chi connectivity index (χ0v) is 15.6. The summed E-state index contributed by atoms with van der Waals surface area (Å²) in [5, 5.41) is 8.53. The summed E-state index contributed by atoms with van der Waals surface area (Å²) in [5.74, 6) is 2.03. The van der Waals surface area contributed by atoms with Gasteiger partial charge in [0.15, 0.2) is 0 Å². The SMILES string of the molecule is C#CCOc1ccc2ccccc2c1C=NNC(=O)CC(=O)Nc1ccccc1. The Labute approximate surface area is 168 Å². The van der Waals surface area contributed by atoms with E-state index < -0.39 is 11.8 Å². The number of rotatable bonds is 7. The summed E-state index contributed by atoms with van der Waals surface area (Å²) in [5.41, 5.74) is 3.68. The maximum absolute atomic E-state index is 12.0. The number of carbonyl (C=O) groups is 2. The molecule has 0 bridgehead atoms. The maximum atomic E-state index is 12.0. The predicted molar refractivity (Wildman–Crippen MR) is 114 cm³/mol. The number of hydrogen-bond donors (Lipinski definition) is 2. The van der Waals surface area contributed by atoms with Crippen LogP contribution in [0.15, 0.2) is 71.8 Å². The molecular formula is C23H19N3O3. The first-order chi connectivity index (χ1) is 14.2. The summed E-state index contributed by atoms with van der Waals surface area (Å²) >= 11 is 0. The number of ether oxygens (including phenoxy) is 1. The second-order valence-corrected chi connectivity index (χ2v) is 6.08. The lowest BCUT2D eigenvalue weighted by molar-refractivity contribution is -0.126. The molecule has 0 radical (unpaired) electrons. The molecule has 2 N–H and O–H groups in total. The fourth-order valence-electron chi connectivity index (χ4n) is 2.73. The van der Waals surface area contributed by atoms with Gasteiger partial charge in [-0.25, -0.2) is 5.43 Å². The van der Waals surface area contributed by atoms with Gasteiger partial charge in [0.2, 0.25) is 11.8 Å². The Bertz CT molecular complexity index is 1090. The van der Waals surface area contributed by atoms with Gasteiger partial charge in [0, 0.05) is 11.3 Å². The first kappa shape index (κ1) is 19.6. The van der Waals surface area contributed by atoms with E-state index in [9.17, 15) is 9.59 Å². The fourth-order valence-corrected chi connectivity index (χ4v) is 2.73. The number of anilines is 1. The zero-order valence-electron chi connectivity index (χ0n) is 15.6. The van der Waals surface area contributed by atoms with Crippen molar-refractivity contribution in [2.45, 2.75) is 6.42 Å². The van der Waals surface area contributed by atoms with Crippen LogP contribution in [0.1, 0.15) is 12.0 Å². The maximum Gasteiger partial charge on any atom is 0.249 e. The fraction of sp³-hybridized carbons (Fsp3) is 0.0870. The molecule has 3 aromatic rings. The molecule has 0 spiro atoms. The average Bonchev–Trinajstić information content (AvgIpc) is 2.73. The number of carbonyl (C=O) groups excluding carboxylic acids is 2. The molecule has 0 saturated heterocycles. The number of terminal acetylenes is 1. The number of nitrogens with one attached hydrogen (secondary N) is 2. The van der Waals surface area contributed by atoms with Crippen LogP contribution in [0.4, 0.5) is 5.69 Å². The van der Waals surface area contributed by atoms with Crippen molar-refractivity contribution >= 4 is 34.5 Å². The molecule has 0 heterocycles. The highest BCUT2D eigenvalue weighted by Crippen LogP contribution is 2.26. The van der Waals surface area contributed by atoms with E-state index in [0.29, 0.717) is 17.0 Å².